The summed E-state index contributed by atoms with van der Waals surface area (Å²) in [5, 5.41) is 10.7. The fraction of sp³-hybridized carbons (Fsp3) is 0.267. The molecule has 2 aromatic rings. The summed E-state index contributed by atoms with van der Waals surface area (Å²) in [5.74, 6) is -0.300. The highest BCUT2D eigenvalue weighted by atomic mass is 32.2. The molecule has 1 aliphatic rings. The van der Waals surface area contributed by atoms with E-state index >= 15 is 0 Å². The van der Waals surface area contributed by atoms with Crippen LogP contribution in [0.1, 0.15) is 10.5 Å². The van der Waals surface area contributed by atoms with Crippen molar-refractivity contribution in [2.45, 2.75) is 4.90 Å². The van der Waals surface area contributed by atoms with Gasteiger partial charge in [0.25, 0.3) is 11.6 Å². The summed E-state index contributed by atoms with van der Waals surface area (Å²) in [5.41, 5.74) is 0.0301. The first-order chi connectivity index (χ1) is 12.4. The van der Waals surface area contributed by atoms with Crippen molar-refractivity contribution in [3.05, 3.63) is 58.7 Å². The highest BCUT2D eigenvalue weighted by molar-refractivity contribution is 7.89. The molecular weight excluding hydrogens is 362 g/mol. The van der Waals surface area contributed by atoms with Crippen LogP contribution in [0.3, 0.4) is 0 Å². The Kier molecular flexibility index (Phi) is 4.91. The van der Waals surface area contributed by atoms with E-state index in [2.05, 4.69) is 9.97 Å². The Hall–Kier alpha value is -2.92. The summed E-state index contributed by atoms with van der Waals surface area (Å²) >= 11 is 0. The van der Waals surface area contributed by atoms with Crippen LogP contribution >= 0.6 is 0 Å². The number of non-ortho nitro benzene ring substituents is 1. The summed E-state index contributed by atoms with van der Waals surface area (Å²) in [4.78, 5) is 31.7. The number of hydrogen-bond acceptors (Lipinski definition) is 7. The van der Waals surface area contributed by atoms with E-state index in [1.807, 2.05) is 0 Å². The fourth-order valence-corrected chi connectivity index (χ4v) is 4.01. The van der Waals surface area contributed by atoms with Crippen LogP contribution in [-0.4, -0.2) is 64.6 Å². The molecule has 0 bridgehead atoms. The van der Waals surface area contributed by atoms with Gasteiger partial charge in [0.1, 0.15) is 5.69 Å². The second-order valence-corrected chi connectivity index (χ2v) is 7.48. The maximum Gasteiger partial charge on any atom is 0.274 e. The predicted octanol–water partition coefficient (Wildman–Crippen LogP) is 0.531. The number of hydrogen-bond donors (Lipinski definition) is 0. The van der Waals surface area contributed by atoms with Crippen LogP contribution in [0, 0.1) is 10.1 Å². The third-order valence-corrected chi connectivity index (χ3v) is 5.91. The molecule has 0 atom stereocenters. The molecule has 1 fully saturated rings. The molecule has 1 amide bonds. The highest BCUT2D eigenvalue weighted by Crippen LogP contribution is 2.21. The van der Waals surface area contributed by atoms with Crippen LogP contribution in [0.4, 0.5) is 5.69 Å². The van der Waals surface area contributed by atoms with Crippen LogP contribution in [0.25, 0.3) is 0 Å². The molecule has 0 saturated carbocycles. The SMILES string of the molecule is O=C(c1cnccn1)N1CCN(S(=O)(=O)c2ccc([N+](=O)[O-])cc2)CC1. The lowest BCUT2D eigenvalue weighted by molar-refractivity contribution is -0.384. The van der Waals surface area contributed by atoms with Crippen LogP contribution in [0.15, 0.2) is 47.8 Å². The molecule has 1 aromatic carbocycles. The van der Waals surface area contributed by atoms with Gasteiger partial charge in [0.05, 0.1) is 16.0 Å². The van der Waals surface area contributed by atoms with Gasteiger partial charge in [-0.15, -0.1) is 0 Å². The molecule has 0 aliphatic carbocycles. The van der Waals surface area contributed by atoms with Gasteiger partial charge in [0.15, 0.2) is 0 Å². The summed E-state index contributed by atoms with van der Waals surface area (Å²) in [6.07, 6.45) is 4.25. The number of nitro groups is 1. The zero-order valence-electron chi connectivity index (χ0n) is 13.6. The van der Waals surface area contributed by atoms with Crippen molar-refractivity contribution in [1.82, 2.24) is 19.2 Å². The quantitative estimate of drug-likeness (QED) is 0.562. The monoisotopic (exact) mass is 377 g/mol. The molecule has 1 saturated heterocycles. The Morgan fingerprint density at radius 2 is 1.73 bits per heavy atom. The van der Waals surface area contributed by atoms with Crippen LogP contribution in [0.5, 0.6) is 0 Å². The molecule has 0 N–H and O–H groups in total. The number of nitro benzene ring substituents is 1. The average Bonchev–Trinajstić information content (AvgIpc) is 2.68. The van der Waals surface area contributed by atoms with Gasteiger partial charge >= 0.3 is 0 Å². The van der Waals surface area contributed by atoms with E-state index in [0.717, 1.165) is 12.1 Å². The second-order valence-electron chi connectivity index (χ2n) is 5.54. The van der Waals surface area contributed by atoms with Crippen molar-refractivity contribution < 1.29 is 18.1 Å². The van der Waals surface area contributed by atoms with E-state index in [4.69, 9.17) is 0 Å². The Bertz CT molecular complexity index is 909. The predicted molar refractivity (Wildman–Crippen MR) is 89.8 cm³/mol. The molecule has 0 radical (unpaired) electrons. The first kappa shape index (κ1) is 17.9. The van der Waals surface area contributed by atoms with Gasteiger partial charge in [-0.2, -0.15) is 4.31 Å². The average molecular weight is 377 g/mol. The third kappa shape index (κ3) is 3.53. The van der Waals surface area contributed by atoms with Crippen molar-refractivity contribution in [3.63, 3.8) is 0 Å². The minimum Gasteiger partial charge on any atom is -0.335 e. The van der Waals surface area contributed by atoms with E-state index < -0.39 is 14.9 Å². The van der Waals surface area contributed by atoms with Gasteiger partial charge in [0.2, 0.25) is 10.0 Å². The normalized spacial score (nSPS) is 15.6. The second kappa shape index (κ2) is 7.14. The highest BCUT2D eigenvalue weighted by Gasteiger charge is 2.31. The summed E-state index contributed by atoms with van der Waals surface area (Å²) < 4.78 is 26.5. The molecule has 10 nitrogen and oxygen atoms in total. The van der Waals surface area contributed by atoms with Crippen molar-refractivity contribution in [2.24, 2.45) is 0 Å². The summed E-state index contributed by atoms with van der Waals surface area (Å²) in [6, 6.07) is 4.73. The zero-order chi connectivity index (χ0) is 18.7. The van der Waals surface area contributed by atoms with Crippen LogP contribution in [0.2, 0.25) is 0 Å². The minimum absolute atomic E-state index is 0.0168. The summed E-state index contributed by atoms with van der Waals surface area (Å²) in [7, 11) is -3.77. The topological polar surface area (TPSA) is 127 Å². The molecule has 0 spiro atoms. The van der Waals surface area contributed by atoms with E-state index in [-0.39, 0.29) is 48.4 Å². The minimum atomic E-state index is -3.77. The summed E-state index contributed by atoms with van der Waals surface area (Å²) in [6.45, 7) is 0.708. The molecule has 3 rings (SSSR count). The van der Waals surface area contributed by atoms with Crippen LogP contribution in [-0.2, 0) is 10.0 Å². The Morgan fingerprint density at radius 3 is 2.27 bits per heavy atom. The first-order valence-corrected chi connectivity index (χ1v) is 9.13. The molecule has 1 aliphatic heterocycles. The molecule has 1 aromatic heterocycles. The lowest BCUT2D eigenvalue weighted by atomic mass is 10.3. The number of nitrogens with zero attached hydrogens (tertiary/aromatic N) is 5. The Labute approximate surface area is 149 Å². The standard InChI is InChI=1S/C15H15N5O5S/c21-15(14-11-16-5-6-17-14)18-7-9-19(10-8-18)26(24,25)13-3-1-12(2-4-13)20(22)23/h1-6,11H,7-10H2. The number of sulfonamides is 1. The Balaban J connectivity index is 1.68. The number of carbonyl (C=O) groups excluding carboxylic acids is 1. The first-order valence-electron chi connectivity index (χ1n) is 7.69. The van der Waals surface area contributed by atoms with Gasteiger partial charge < -0.3 is 4.90 Å². The molecular formula is C15H15N5O5S. The Morgan fingerprint density at radius 1 is 1.08 bits per heavy atom. The van der Waals surface area contributed by atoms with Gasteiger partial charge in [0, 0.05) is 50.7 Å². The van der Waals surface area contributed by atoms with E-state index in [1.54, 1.807) is 0 Å². The lowest BCUT2D eigenvalue weighted by Gasteiger charge is -2.33. The molecule has 11 heteroatoms. The van der Waals surface area contributed by atoms with Gasteiger partial charge in [-0.05, 0) is 12.1 Å². The maximum atomic E-state index is 12.6. The van der Waals surface area contributed by atoms with Gasteiger partial charge in [-0.3, -0.25) is 19.9 Å². The smallest absolute Gasteiger partial charge is 0.274 e. The fourth-order valence-electron chi connectivity index (χ4n) is 2.59. The molecule has 26 heavy (non-hydrogen) atoms. The van der Waals surface area contributed by atoms with Gasteiger partial charge in [-0.1, -0.05) is 0 Å². The van der Waals surface area contributed by atoms with Crippen molar-refractivity contribution >= 4 is 21.6 Å². The van der Waals surface area contributed by atoms with Gasteiger partial charge in [-0.25, -0.2) is 13.4 Å². The number of amides is 1. The molecule has 0 unspecified atom stereocenters. The maximum absolute atomic E-state index is 12.6. The van der Waals surface area contributed by atoms with Crippen molar-refractivity contribution in [2.75, 3.05) is 26.2 Å². The number of benzene rings is 1. The lowest BCUT2D eigenvalue weighted by Crippen LogP contribution is -2.50. The number of aromatic nitrogens is 2. The van der Waals surface area contributed by atoms with E-state index in [0.29, 0.717) is 0 Å². The van der Waals surface area contributed by atoms with Crippen LogP contribution < -0.4 is 0 Å². The largest absolute Gasteiger partial charge is 0.335 e. The van der Waals surface area contributed by atoms with Crippen molar-refractivity contribution in [1.29, 1.82) is 0 Å². The van der Waals surface area contributed by atoms with E-state index in [9.17, 15) is 23.3 Å². The molecule has 136 valence electrons. The number of carbonyl (C=O) groups is 1. The third-order valence-electron chi connectivity index (χ3n) is 3.99. The zero-order valence-corrected chi connectivity index (χ0v) is 14.4. The van der Waals surface area contributed by atoms with E-state index in [1.165, 1.54) is 39.9 Å². The number of piperazine rings is 1. The van der Waals surface area contributed by atoms with Crippen molar-refractivity contribution in [3.8, 4) is 0 Å². The number of rotatable bonds is 4. The molecule has 2 heterocycles.